The molecule has 7 nitrogen and oxygen atoms in total. The Bertz CT molecular complexity index is 1040. The van der Waals surface area contributed by atoms with Crippen molar-refractivity contribution in [2.45, 2.75) is 20.8 Å². The molecule has 0 bridgehead atoms. The van der Waals surface area contributed by atoms with Crippen molar-refractivity contribution < 1.29 is 18.7 Å². The molecule has 0 aliphatic heterocycles. The summed E-state index contributed by atoms with van der Waals surface area (Å²) < 4.78 is 11.0. The molecule has 28 heavy (non-hydrogen) atoms. The molecule has 0 atom stereocenters. The molecule has 0 aliphatic rings. The second-order valence-electron chi connectivity index (χ2n) is 6.52. The number of nitrogens with one attached hydrogen (secondary N) is 3. The van der Waals surface area contributed by atoms with Gasteiger partial charge in [-0.1, -0.05) is 24.3 Å². The van der Waals surface area contributed by atoms with E-state index in [1.54, 1.807) is 19.2 Å². The van der Waals surface area contributed by atoms with Crippen molar-refractivity contribution in [1.82, 2.24) is 10.9 Å². The van der Waals surface area contributed by atoms with Gasteiger partial charge in [-0.2, -0.15) is 0 Å². The molecule has 0 saturated carbocycles. The minimum atomic E-state index is -0.502. The van der Waals surface area contributed by atoms with Crippen molar-refractivity contribution in [2.75, 3.05) is 19.0 Å². The van der Waals surface area contributed by atoms with E-state index in [0.29, 0.717) is 17.0 Å². The molecular formula is C21H23N3O4. The number of hydrazine groups is 1. The number of ether oxygens (including phenoxy) is 1. The van der Waals surface area contributed by atoms with Crippen molar-refractivity contribution in [2.24, 2.45) is 0 Å². The SMILES string of the molecule is COc1ccccc1NCC(=O)NNC(=O)c1oc2c(C)ccc(C)c2c1C. The molecule has 2 amide bonds. The second-order valence-corrected chi connectivity index (χ2v) is 6.52. The Hall–Kier alpha value is -3.48. The van der Waals surface area contributed by atoms with Crippen molar-refractivity contribution in [3.8, 4) is 5.75 Å². The van der Waals surface area contributed by atoms with Gasteiger partial charge in [0.2, 0.25) is 0 Å². The maximum absolute atomic E-state index is 12.5. The maximum Gasteiger partial charge on any atom is 0.305 e. The van der Waals surface area contributed by atoms with Crippen LogP contribution in [0, 0.1) is 20.8 Å². The third-order valence-electron chi connectivity index (χ3n) is 4.55. The Balaban J connectivity index is 1.63. The summed E-state index contributed by atoms with van der Waals surface area (Å²) in [6.07, 6.45) is 0. The molecule has 146 valence electrons. The van der Waals surface area contributed by atoms with Crippen molar-refractivity contribution in [3.05, 3.63) is 58.8 Å². The van der Waals surface area contributed by atoms with Gasteiger partial charge in [0.25, 0.3) is 5.91 Å². The molecule has 0 aliphatic carbocycles. The van der Waals surface area contributed by atoms with E-state index < -0.39 is 11.8 Å². The number of carbonyl (C=O) groups excluding carboxylic acids is 2. The fourth-order valence-electron chi connectivity index (χ4n) is 3.09. The van der Waals surface area contributed by atoms with Crippen LogP contribution in [-0.2, 0) is 4.79 Å². The number of para-hydroxylation sites is 2. The second kappa shape index (κ2) is 8.04. The van der Waals surface area contributed by atoms with Crippen LogP contribution in [0.2, 0.25) is 0 Å². The number of carbonyl (C=O) groups is 2. The van der Waals surface area contributed by atoms with Crippen LogP contribution in [0.15, 0.2) is 40.8 Å². The molecule has 3 rings (SSSR count). The lowest BCUT2D eigenvalue weighted by atomic mass is 10.0. The number of anilines is 1. The fourth-order valence-corrected chi connectivity index (χ4v) is 3.09. The summed E-state index contributed by atoms with van der Waals surface area (Å²) in [6.45, 7) is 5.70. The van der Waals surface area contributed by atoms with Gasteiger partial charge < -0.3 is 14.5 Å². The average Bonchev–Trinajstić information content (AvgIpc) is 3.06. The molecule has 0 radical (unpaired) electrons. The van der Waals surface area contributed by atoms with Crippen LogP contribution >= 0.6 is 0 Å². The minimum Gasteiger partial charge on any atom is -0.495 e. The van der Waals surface area contributed by atoms with Gasteiger partial charge >= 0.3 is 5.91 Å². The highest BCUT2D eigenvalue weighted by molar-refractivity contribution is 6.01. The Labute approximate surface area is 163 Å². The minimum absolute atomic E-state index is 0.0298. The van der Waals surface area contributed by atoms with Gasteiger partial charge in [-0.25, -0.2) is 0 Å². The number of rotatable bonds is 5. The van der Waals surface area contributed by atoms with E-state index in [1.165, 1.54) is 0 Å². The highest BCUT2D eigenvalue weighted by atomic mass is 16.5. The topological polar surface area (TPSA) is 92.6 Å². The number of hydrogen-bond donors (Lipinski definition) is 3. The Kier molecular flexibility index (Phi) is 5.54. The van der Waals surface area contributed by atoms with E-state index in [-0.39, 0.29) is 12.3 Å². The summed E-state index contributed by atoms with van der Waals surface area (Å²) >= 11 is 0. The maximum atomic E-state index is 12.5. The summed E-state index contributed by atoms with van der Waals surface area (Å²) in [6, 6.07) is 11.2. The van der Waals surface area contributed by atoms with Crippen LogP contribution in [0.3, 0.4) is 0 Å². The van der Waals surface area contributed by atoms with E-state index in [0.717, 1.165) is 22.1 Å². The molecule has 3 aromatic rings. The summed E-state index contributed by atoms with van der Waals surface area (Å²) in [5.74, 6) is -0.0908. The zero-order valence-corrected chi connectivity index (χ0v) is 16.3. The predicted octanol–water partition coefficient (Wildman–Crippen LogP) is 3.24. The van der Waals surface area contributed by atoms with Gasteiger partial charge in [0.05, 0.1) is 19.3 Å². The molecule has 0 saturated heterocycles. The van der Waals surface area contributed by atoms with Gasteiger partial charge in [-0.3, -0.25) is 20.4 Å². The van der Waals surface area contributed by atoms with E-state index in [9.17, 15) is 9.59 Å². The molecule has 0 unspecified atom stereocenters. The molecule has 0 spiro atoms. The third kappa shape index (κ3) is 3.78. The number of furan rings is 1. The Morgan fingerprint density at radius 2 is 1.71 bits per heavy atom. The summed E-state index contributed by atoms with van der Waals surface area (Å²) in [4.78, 5) is 24.5. The smallest absolute Gasteiger partial charge is 0.305 e. The summed E-state index contributed by atoms with van der Waals surface area (Å²) in [5, 5.41) is 3.89. The number of fused-ring (bicyclic) bond motifs is 1. The highest BCUT2D eigenvalue weighted by Gasteiger charge is 2.20. The monoisotopic (exact) mass is 381 g/mol. The van der Waals surface area contributed by atoms with E-state index in [1.807, 2.05) is 45.0 Å². The zero-order chi connectivity index (χ0) is 20.3. The van der Waals surface area contributed by atoms with Crippen LogP contribution in [0.4, 0.5) is 5.69 Å². The van der Waals surface area contributed by atoms with Crippen molar-refractivity contribution in [1.29, 1.82) is 0 Å². The standard InChI is InChI=1S/C21H23N3O4/c1-12-9-10-13(2)19-18(12)14(3)20(28-19)21(26)24-23-17(25)11-22-15-7-5-6-8-16(15)27-4/h5-10,22H,11H2,1-4H3,(H,23,25)(H,24,26). The van der Waals surface area contributed by atoms with Crippen LogP contribution in [0.5, 0.6) is 5.75 Å². The van der Waals surface area contributed by atoms with Gasteiger partial charge in [-0.05, 0) is 44.0 Å². The lowest BCUT2D eigenvalue weighted by Gasteiger charge is -2.11. The Morgan fingerprint density at radius 1 is 1.00 bits per heavy atom. The molecule has 3 N–H and O–H groups in total. The molecule has 7 heteroatoms. The van der Waals surface area contributed by atoms with Gasteiger partial charge in [0.15, 0.2) is 5.76 Å². The summed E-state index contributed by atoms with van der Waals surface area (Å²) in [5.41, 5.74) is 8.89. The normalized spacial score (nSPS) is 10.6. The quantitative estimate of drug-likeness (QED) is 0.590. The molecule has 0 fully saturated rings. The number of methoxy groups -OCH3 is 1. The third-order valence-corrected chi connectivity index (χ3v) is 4.55. The van der Waals surface area contributed by atoms with Crippen molar-refractivity contribution in [3.63, 3.8) is 0 Å². The lowest BCUT2D eigenvalue weighted by Crippen LogP contribution is -2.44. The first kappa shape index (κ1) is 19.3. The number of benzene rings is 2. The van der Waals surface area contributed by atoms with Crippen LogP contribution in [-0.4, -0.2) is 25.5 Å². The molecule has 2 aromatic carbocycles. The number of aryl methyl sites for hydroxylation is 3. The molecular weight excluding hydrogens is 358 g/mol. The first-order valence-electron chi connectivity index (χ1n) is 8.87. The first-order valence-corrected chi connectivity index (χ1v) is 8.87. The first-order chi connectivity index (χ1) is 13.4. The predicted molar refractivity (Wildman–Crippen MR) is 108 cm³/mol. The van der Waals surface area contributed by atoms with Crippen LogP contribution in [0.25, 0.3) is 11.0 Å². The van der Waals surface area contributed by atoms with E-state index in [4.69, 9.17) is 9.15 Å². The average molecular weight is 381 g/mol. The van der Waals surface area contributed by atoms with Crippen LogP contribution < -0.4 is 20.9 Å². The van der Waals surface area contributed by atoms with Gasteiger partial charge in [0, 0.05) is 10.9 Å². The Morgan fingerprint density at radius 3 is 2.43 bits per heavy atom. The van der Waals surface area contributed by atoms with E-state index >= 15 is 0 Å². The largest absolute Gasteiger partial charge is 0.495 e. The van der Waals surface area contributed by atoms with Gasteiger partial charge in [-0.15, -0.1) is 0 Å². The molecule has 1 aromatic heterocycles. The van der Waals surface area contributed by atoms with Crippen LogP contribution in [0.1, 0.15) is 27.2 Å². The number of hydrogen-bond acceptors (Lipinski definition) is 5. The number of amides is 2. The highest BCUT2D eigenvalue weighted by Crippen LogP contribution is 2.30. The van der Waals surface area contributed by atoms with E-state index in [2.05, 4.69) is 16.2 Å². The summed E-state index contributed by atoms with van der Waals surface area (Å²) in [7, 11) is 1.56. The lowest BCUT2D eigenvalue weighted by molar-refractivity contribution is -0.120. The van der Waals surface area contributed by atoms with Crippen molar-refractivity contribution >= 4 is 28.5 Å². The molecule has 1 heterocycles. The zero-order valence-electron chi connectivity index (χ0n) is 16.3. The fraction of sp³-hybridized carbons (Fsp3) is 0.238. The van der Waals surface area contributed by atoms with Gasteiger partial charge in [0.1, 0.15) is 11.3 Å².